The maximum Gasteiger partial charge on any atom is 0.289 e. The third kappa shape index (κ3) is 3.83. The molecule has 0 spiro atoms. The van der Waals surface area contributed by atoms with Gasteiger partial charge in [0.25, 0.3) is 5.85 Å². The fraction of sp³-hybridized carbons (Fsp3) is 1.00. The molecule has 0 saturated carbocycles. The first-order chi connectivity index (χ1) is 6.17. The third-order valence-electron chi connectivity index (χ3n) is 2.12. The van der Waals surface area contributed by atoms with Crippen LogP contribution in [-0.2, 0) is 4.57 Å². The molecule has 1 aliphatic rings. The first-order valence-electron chi connectivity index (χ1n) is 4.86. The Morgan fingerprint density at radius 3 is 2.54 bits per heavy atom. The van der Waals surface area contributed by atoms with Crippen molar-refractivity contribution < 1.29 is 4.57 Å². The van der Waals surface area contributed by atoms with Crippen LogP contribution in [0.5, 0.6) is 0 Å². The molecule has 1 aliphatic heterocycles. The molecule has 1 unspecified atom stereocenters. The summed E-state index contributed by atoms with van der Waals surface area (Å²) in [6, 6.07) is 0. The molecule has 0 aromatic heterocycles. The van der Waals surface area contributed by atoms with Crippen LogP contribution in [0.2, 0.25) is 0 Å². The van der Waals surface area contributed by atoms with Crippen LogP contribution in [0.3, 0.4) is 0 Å². The van der Waals surface area contributed by atoms with Crippen molar-refractivity contribution in [1.29, 1.82) is 0 Å². The Morgan fingerprint density at radius 2 is 2.00 bits per heavy atom. The van der Waals surface area contributed by atoms with Gasteiger partial charge in [0.1, 0.15) is 0 Å². The van der Waals surface area contributed by atoms with Crippen LogP contribution in [0.25, 0.3) is 0 Å². The summed E-state index contributed by atoms with van der Waals surface area (Å²) < 4.78 is 14.0. The van der Waals surface area contributed by atoms with Gasteiger partial charge in [0.2, 0.25) is 0 Å². The number of hydrogen-bond donors (Lipinski definition) is 0. The Morgan fingerprint density at radius 1 is 1.38 bits per heavy atom. The van der Waals surface area contributed by atoms with E-state index in [9.17, 15) is 4.57 Å². The maximum atomic E-state index is 12.0. The van der Waals surface area contributed by atoms with Gasteiger partial charge in [-0.1, -0.05) is 24.7 Å². The summed E-state index contributed by atoms with van der Waals surface area (Å²) in [7, 11) is 0. The van der Waals surface area contributed by atoms with Crippen molar-refractivity contribution in [1.82, 2.24) is 4.67 Å². The lowest BCUT2D eigenvalue weighted by molar-refractivity contribution is 0.357. The molecule has 78 valence electrons. The summed E-state index contributed by atoms with van der Waals surface area (Å²) in [5.74, 6) is -1.66. The predicted molar refractivity (Wildman–Crippen MR) is 61.6 cm³/mol. The lowest BCUT2D eigenvalue weighted by atomic mass is 10.2. The quantitative estimate of drug-likeness (QED) is 0.695. The average molecular weight is 242 g/mol. The van der Waals surface area contributed by atoms with Crippen molar-refractivity contribution in [3.8, 4) is 0 Å². The lowest BCUT2D eigenvalue weighted by Gasteiger charge is -2.29. The minimum Gasteiger partial charge on any atom is -0.277 e. The summed E-state index contributed by atoms with van der Waals surface area (Å²) in [5.41, 5.74) is 0. The summed E-state index contributed by atoms with van der Waals surface area (Å²) in [6.45, 7) is 3.91. The predicted octanol–water partition coefficient (Wildman–Crippen LogP) is 3.96. The number of halogens is 1. The number of piperidine rings is 1. The molecule has 1 rings (SSSR count). The van der Waals surface area contributed by atoms with Crippen molar-refractivity contribution in [2.75, 3.05) is 18.8 Å². The van der Waals surface area contributed by atoms with Crippen LogP contribution in [-0.4, -0.2) is 23.5 Å². The second-order valence-electron chi connectivity index (χ2n) is 3.30. The summed E-state index contributed by atoms with van der Waals surface area (Å²) >= 11 is 7.47. The van der Waals surface area contributed by atoms with Gasteiger partial charge in [0.15, 0.2) is 0 Å². The topological polar surface area (TPSA) is 20.3 Å². The van der Waals surface area contributed by atoms with Gasteiger partial charge in [0, 0.05) is 18.8 Å². The Labute approximate surface area is 89.4 Å². The van der Waals surface area contributed by atoms with Crippen molar-refractivity contribution in [2.45, 2.75) is 32.6 Å². The molecule has 0 bridgehead atoms. The minimum atomic E-state index is -2.56. The monoisotopic (exact) mass is 241 g/mol. The fourth-order valence-corrected chi connectivity index (χ4v) is 6.01. The minimum absolute atomic E-state index is 0.900. The summed E-state index contributed by atoms with van der Waals surface area (Å²) in [5, 5.41) is 0. The van der Waals surface area contributed by atoms with E-state index in [0.717, 1.165) is 38.1 Å². The molecule has 13 heavy (non-hydrogen) atoms. The van der Waals surface area contributed by atoms with Gasteiger partial charge in [-0.3, -0.25) is 4.57 Å². The van der Waals surface area contributed by atoms with Crippen molar-refractivity contribution >= 4 is 28.5 Å². The molecule has 0 aliphatic carbocycles. The van der Waals surface area contributed by atoms with Crippen LogP contribution >= 0.6 is 28.5 Å². The Bertz CT molecular complexity index is 197. The van der Waals surface area contributed by atoms with E-state index in [0.29, 0.717) is 0 Å². The zero-order chi connectivity index (χ0) is 9.73. The van der Waals surface area contributed by atoms with E-state index in [1.165, 1.54) is 17.8 Å². The second-order valence-corrected chi connectivity index (χ2v) is 9.67. The van der Waals surface area contributed by atoms with Crippen molar-refractivity contribution in [2.24, 2.45) is 0 Å². The molecule has 1 fully saturated rings. The smallest absolute Gasteiger partial charge is 0.277 e. The van der Waals surface area contributed by atoms with Crippen LogP contribution < -0.4 is 0 Å². The first kappa shape index (κ1) is 11.9. The van der Waals surface area contributed by atoms with Crippen LogP contribution in [0.4, 0.5) is 0 Å². The zero-order valence-electron chi connectivity index (χ0n) is 8.04. The molecule has 2 nitrogen and oxygen atoms in total. The standard InChI is InChI=1S/C8H17ClNOPS/c1-2-8-13-12(9,11)10-6-4-3-5-7-10/h2-8H2,1H3. The van der Waals surface area contributed by atoms with E-state index in [4.69, 9.17) is 11.2 Å². The molecule has 1 atom stereocenters. The normalized spacial score (nSPS) is 24.2. The average Bonchev–Trinajstić information content (AvgIpc) is 2.16. The zero-order valence-corrected chi connectivity index (χ0v) is 10.5. The van der Waals surface area contributed by atoms with E-state index in [1.807, 2.05) is 4.67 Å². The Kier molecular flexibility index (Phi) is 5.17. The highest BCUT2D eigenvalue weighted by Crippen LogP contribution is 2.66. The van der Waals surface area contributed by atoms with Crippen LogP contribution in [0.1, 0.15) is 32.6 Å². The van der Waals surface area contributed by atoms with E-state index in [1.54, 1.807) is 0 Å². The molecule has 0 amide bonds. The van der Waals surface area contributed by atoms with E-state index < -0.39 is 5.85 Å². The van der Waals surface area contributed by atoms with Gasteiger partial charge in [-0.2, -0.15) is 0 Å². The molecular formula is C8H17ClNOPS. The second kappa shape index (κ2) is 5.65. The summed E-state index contributed by atoms with van der Waals surface area (Å²) in [6.07, 6.45) is 4.58. The molecule has 1 heterocycles. The Hall–Kier alpha value is 0.830. The maximum absolute atomic E-state index is 12.0. The van der Waals surface area contributed by atoms with Gasteiger partial charge in [-0.25, -0.2) is 4.67 Å². The van der Waals surface area contributed by atoms with Gasteiger partial charge < -0.3 is 0 Å². The fourth-order valence-electron chi connectivity index (χ4n) is 1.40. The van der Waals surface area contributed by atoms with E-state index in [-0.39, 0.29) is 0 Å². The molecule has 5 heteroatoms. The SMILES string of the molecule is CCCSP(=O)(Cl)N1CCCCC1. The largest absolute Gasteiger partial charge is 0.289 e. The number of hydrogen-bond acceptors (Lipinski definition) is 2. The molecule has 0 aromatic rings. The van der Waals surface area contributed by atoms with E-state index >= 15 is 0 Å². The highest BCUT2D eigenvalue weighted by molar-refractivity contribution is 8.64. The molecule has 0 N–H and O–H groups in total. The highest BCUT2D eigenvalue weighted by Gasteiger charge is 2.29. The van der Waals surface area contributed by atoms with Gasteiger partial charge in [-0.05, 0) is 30.5 Å². The number of nitrogens with zero attached hydrogens (tertiary/aromatic N) is 1. The first-order valence-corrected chi connectivity index (χ1v) is 9.02. The van der Waals surface area contributed by atoms with Gasteiger partial charge >= 0.3 is 0 Å². The van der Waals surface area contributed by atoms with Gasteiger partial charge in [0.05, 0.1) is 0 Å². The molecule has 0 aromatic carbocycles. The Balaban J connectivity index is 2.41. The highest BCUT2D eigenvalue weighted by atomic mass is 35.7. The van der Waals surface area contributed by atoms with E-state index in [2.05, 4.69) is 6.92 Å². The van der Waals surface area contributed by atoms with Crippen LogP contribution in [0, 0.1) is 0 Å². The van der Waals surface area contributed by atoms with Crippen LogP contribution in [0.15, 0.2) is 0 Å². The molecule has 1 saturated heterocycles. The third-order valence-corrected chi connectivity index (χ3v) is 7.83. The number of rotatable bonds is 4. The lowest BCUT2D eigenvalue weighted by Crippen LogP contribution is -2.24. The molecular weight excluding hydrogens is 225 g/mol. The van der Waals surface area contributed by atoms with Crippen molar-refractivity contribution in [3.05, 3.63) is 0 Å². The molecule has 0 radical (unpaired) electrons. The van der Waals surface area contributed by atoms with Gasteiger partial charge in [-0.15, -0.1) is 0 Å². The van der Waals surface area contributed by atoms with Crippen molar-refractivity contribution in [3.63, 3.8) is 0 Å². The summed E-state index contributed by atoms with van der Waals surface area (Å²) in [4.78, 5) is 0.